The molecule has 0 fully saturated rings. The summed E-state index contributed by atoms with van der Waals surface area (Å²) >= 11 is 0. The van der Waals surface area contributed by atoms with Crippen molar-refractivity contribution in [3.05, 3.63) is 77.1 Å². The number of carbonyl (C=O) groups is 1. The van der Waals surface area contributed by atoms with Crippen molar-refractivity contribution in [2.45, 2.75) is 31.8 Å². The Labute approximate surface area is 182 Å². The highest BCUT2D eigenvalue weighted by molar-refractivity contribution is 5.91. The highest BCUT2D eigenvalue weighted by Gasteiger charge is 2.28. The second-order valence-corrected chi connectivity index (χ2v) is 7.23. The maximum Gasteiger partial charge on any atom is 0.286 e. The van der Waals surface area contributed by atoms with Gasteiger partial charge in [0, 0.05) is 26.0 Å². The van der Waals surface area contributed by atoms with E-state index in [4.69, 9.17) is 18.9 Å². The molecule has 2 N–H and O–H groups in total. The van der Waals surface area contributed by atoms with Gasteiger partial charge in [0.15, 0.2) is 5.76 Å². The van der Waals surface area contributed by atoms with Crippen molar-refractivity contribution >= 4 is 5.91 Å². The zero-order valence-corrected chi connectivity index (χ0v) is 17.9. The van der Waals surface area contributed by atoms with Crippen LogP contribution in [0.25, 0.3) is 0 Å². The van der Waals surface area contributed by atoms with Crippen LogP contribution >= 0.6 is 0 Å². The summed E-state index contributed by atoms with van der Waals surface area (Å²) in [6.07, 6.45) is 1.84. The molecule has 0 saturated heterocycles. The van der Waals surface area contributed by atoms with Crippen LogP contribution in [-0.2, 0) is 32.2 Å². The molecule has 1 aliphatic rings. The minimum Gasteiger partial charge on any atom is -0.497 e. The van der Waals surface area contributed by atoms with E-state index < -0.39 is 6.29 Å². The van der Waals surface area contributed by atoms with Gasteiger partial charge in [0.25, 0.3) is 5.91 Å². The van der Waals surface area contributed by atoms with E-state index in [1.165, 1.54) is 0 Å². The fourth-order valence-electron chi connectivity index (χ4n) is 3.29. The van der Waals surface area contributed by atoms with Gasteiger partial charge in [-0.05, 0) is 34.9 Å². The number of amides is 1. The quantitative estimate of drug-likeness (QED) is 0.567. The van der Waals surface area contributed by atoms with E-state index in [0.717, 1.165) is 22.4 Å². The van der Waals surface area contributed by atoms with Crippen LogP contribution < -0.4 is 10.1 Å². The summed E-state index contributed by atoms with van der Waals surface area (Å²) in [5.74, 6) is 0.681. The van der Waals surface area contributed by atoms with Gasteiger partial charge in [-0.25, -0.2) is 0 Å². The average molecular weight is 427 g/mol. The summed E-state index contributed by atoms with van der Waals surface area (Å²) in [5.41, 5.74) is 2.85. The number of nitrogens with one attached hydrogen (secondary N) is 1. The molecule has 0 saturated carbocycles. The molecule has 2 aromatic rings. The van der Waals surface area contributed by atoms with Crippen molar-refractivity contribution in [2.24, 2.45) is 0 Å². The summed E-state index contributed by atoms with van der Waals surface area (Å²) in [4.78, 5) is 12.6. The lowest BCUT2D eigenvalue weighted by molar-refractivity contribution is -0.150. The number of aliphatic hydroxyl groups excluding tert-OH is 1. The molecule has 1 amide bonds. The predicted molar refractivity (Wildman–Crippen MR) is 115 cm³/mol. The van der Waals surface area contributed by atoms with Crippen LogP contribution in [0.1, 0.15) is 29.0 Å². The molecule has 0 aromatic heterocycles. The molecule has 0 unspecified atom stereocenters. The van der Waals surface area contributed by atoms with Gasteiger partial charge in [-0.1, -0.05) is 36.4 Å². The first-order valence-corrected chi connectivity index (χ1v) is 10.2. The van der Waals surface area contributed by atoms with Gasteiger partial charge < -0.3 is 29.4 Å². The number of ether oxygens (including phenoxy) is 4. The van der Waals surface area contributed by atoms with E-state index in [-0.39, 0.29) is 24.2 Å². The van der Waals surface area contributed by atoms with Crippen molar-refractivity contribution in [3.8, 4) is 5.75 Å². The van der Waals surface area contributed by atoms with E-state index in [2.05, 4.69) is 5.32 Å². The minimum atomic E-state index is -0.571. The number of allylic oxidation sites excluding steroid dienone is 1. The number of rotatable bonds is 10. The molecule has 3 rings (SSSR count). The molecule has 2 atom stereocenters. The van der Waals surface area contributed by atoms with Crippen molar-refractivity contribution in [1.29, 1.82) is 0 Å². The molecule has 0 spiro atoms. The highest BCUT2D eigenvalue weighted by atomic mass is 16.7. The molecular weight excluding hydrogens is 398 g/mol. The maximum absolute atomic E-state index is 12.6. The first-order valence-electron chi connectivity index (χ1n) is 10.2. The topological polar surface area (TPSA) is 86.3 Å². The predicted octanol–water partition coefficient (Wildman–Crippen LogP) is 2.88. The third-order valence-corrected chi connectivity index (χ3v) is 5.06. The van der Waals surface area contributed by atoms with Crippen molar-refractivity contribution < 1.29 is 28.8 Å². The lowest BCUT2D eigenvalue weighted by atomic mass is 9.93. The Morgan fingerprint density at radius 1 is 1.10 bits per heavy atom. The number of methoxy groups -OCH3 is 2. The zero-order chi connectivity index (χ0) is 22.1. The fraction of sp³-hybridized carbons (Fsp3) is 0.375. The van der Waals surface area contributed by atoms with E-state index in [1.807, 2.05) is 54.6 Å². The zero-order valence-electron chi connectivity index (χ0n) is 17.9. The first kappa shape index (κ1) is 22.8. The van der Waals surface area contributed by atoms with Crippen molar-refractivity contribution in [2.75, 3.05) is 27.4 Å². The molecule has 7 nitrogen and oxygen atoms in total. The lowest BCUT2D eigenvalue weighted by Crippen LogP contribution is -2.34. The normalized spacial score (nSPS) is 18.1. The maximum atomic E-state index is 12.6. The molecule has 1 heterocycles. The third kappa shape index (κ3) is 6.55. The van der Waals surface area contributed by atoms with Crippen molar-refractivity contribution in [1.82, 2.24) is 5.32 Å². The summed E-state index contributed by atoms with van der Waals surface area (Å²) in [6.45, 7) is 1.16. The Morgan fingerprint density at radius 3 is 2.45 bits per heavy atom. The number of carbonyl (C=O) groups excluding carboxylic acids is 1. The van der Waals surface area contributed by atoms with Gasteiger partial charge in [0.2, 0.25) is 6.29 Å². The molecule has 1 aliphatic heterocycles. The van der Waals surface area contributed by atoms with Crippen LogP contribution in [-0.4, -0.2) is 44.7 Å². The van der Waals surface area contributed by atoms with Gasteiger partial charge >= 0.3 is 0 Å². The highest BCUT2D eigenvalue weighted by Crippen LogP contribution is 2.32. The Morgan fingerprint density at radius 2 is 1.81 bits per heavy atom. The third-order valence-electron chi connectivity index (χ3n) is 5.06. The van der Waals surface area contributed by atoms with E-state index in [1.54, 1.807) is 14.2 Å². The number of aliphatic hydroxyl groups is 1. The smallest absolute Gasteiger partial charge is 0.286 e. The van der Waals surface area contributed by atoms with Crippen LogP contribution in [0.4, 0.5) is 0 Å². The summed E-state index contributed by atoms with van der Waals surface area (Å²) in [7, 11) is 3.21. The van der Waals surface area contributed by atoms with Crippen LogP contribution in [0.2, 0.25) is 0 Å². The molecule has 0 radical (unpaired) electrons. The Kier molecular flexibility index (Phi) is 8.46. The SMILES string of the molecule is COCCNC(=O)C1=C[C@@H](c2ccc(OC)cc2)C[C@@H](OCc2ccc(CO)cc2)O1. The second kappa shape index (κ2) is 11.5. The van der Waals surface area contributed by atoms with Crippen LogP contribution in [0.15, 0.2) is 60.4 Å². The Bertz CT molecular complexity index is 863. The number of benzene rings is 2. The molecule has 2 aromatic carbocycles. The largest absolute Gasteiger partial charge is 0.497 e. The summed E-state index contributed by atoms with van der Waals surface area (Å²) in [6, 6.07) is 15.3. The molecule has 31 heavy (non-hydrogen) atoms. The molecule has 7 heteroatoms. The first-order chi connectivity index (χ1) is 15.1. The van der Waals surface area contributed by atoms with Gasteiger partial charge in [0.1, 0.15) is 5.75 Å². The summed E-state index contributed by atoms with van der Waals surface area (Å²) in [5, 5.41) is 12.0. The standard InChI is InChI=1S/C24H29NO6/c1-28-12-11-25-24(27)22-13-20(19-7-9-21(29-2)10-8-19)14-23(31-22)30-16-18-5-3-17(15-26)4-6-18/h3-10,13,20,23,26H,11-12,14-16H2,1-2H3,(H,25,27)/t20-,23+/m1/s1. The fourth-order valence-corrected chi connectivity index (χ4v) is 3.29. The average Bonchev–Trinajstić information content (AvgIpc) is 2.83. The minimum absolute atomic E-state index is 0.00273. The van der Waals surface area contributed by atoms with Gasteiger partial charge in [-0.15, -0.1) is 0 Å². The molecular formula is C24H29NO6. The Hall–Kier alpha value is -2.87. The van der Waals surface area contributed by atoms with Crippen LogP contribution in [0.5, 0.6) is 5.75 Å². The van der Waals surface area contributed by atoms with Gasteiger partial charge in [-0.2, -0.15) is 0 Å². The van der Waals surface area contributed by atoms with E-state index >= 15 is 0 Å². The van der Waals surface area contributed by atoms with Gasteiger partial charge in [-0.3, -0.25) is 4.79 Å². The van der Waals surface area contributed by atoms with Crippen LogP contribution in [0.3, 0.4) is 0 Å². The molecule has 166 valence electrons. The summed E-state index contributed by atoms with van der Waals surface area (Å²) < 4.78 is 22.1. The molecule has 0 bridgehead atoms. The molecule has 0 aliphatic carbocycles. The van der Waals surface area contributed by atoms with Gasteiger partial charge in [0.05, 0.1) is 26.9 Å². The van der Waals surface area contributed by atoms with Crippen LogP contribution in [0, 0.1) is 0 Å². The van der Waals surface area contributed by atoms with E-state index in [0.29, 0.717) is 26.2 Å². The Balaban J connectivity index is 1.71. The second-order valence-electron chi connectivity index (χ2n) is 7.23. The number of hydrogen-bond acceptors (Lipinski definition) is 6. The number of hydrogen-bond donors (Lipinski definition) is 2. The lowest BCUT2D eigenvalue weighted by Gasteiger charge is -2.29. The van der Waals surface area contributed by atoms with E-state index in [9.17, 15) is 9.90 Å². The monoisotopic (exact) mass is 427 g/mol. The van der Waals surface area contributed by atoms with Crippen molar-refractivity contribution in [3.63, 3.8) is 0 Å².